The number of nitro benzene ring substituents is 1. The summed E-state index contributed by atoms with van der Waals surface area (Å²) >= 11 is 0. The lowest BCUT2D eigenvalue weighted by Crippen LogP contribution is -2.12. The molecule has 7 nitrogen and oxygen atoms in total. The third kappa shape index (κ3) is 4.57. The fraction of sp³-hybridized carbons (Fsp3) is 0. The van der Waals surface area contributed by atoms with Crippen LogP contribution in [0.4, 0.5) is 21.5 Å². The molecule has 1 N–H and O–H groups in total. The molecule has 0 amide bonds. The van der Waals surface area contributed by atoms with Gasteiger partial charge in [0.25, 0.3) is 15.7 Å². The Bertz CT molecular complexity index is 1130. The van der Waals surface area contributed by atoms with Crippen LogP contribution in [-0.2, 0) is 10.0 Å². The molecular weight excluding hydrogens is 385 g/mol. The molecule has 3 rings (SSSR count). The van der Waals surface area contributed by atoms with Crippen LogP contribution in [0.2, 0.25) is 0 Å². The van der Waals surface area contributed by atoms with Gasteiger partial charge in [-0.1, -0.05) is 12.1 Å². The van der Waals surface area contributed by atoms with Gasteiger partial charge in [-0.3, -0.25) is 19.8 Å². The van der Waals surface area contributed by atoms with Crippen LogP contribution in [-0.4, -0.2) is 19.6 Å². The lowest BCUT2D eigenvalue weighted by Gasteiger charge is -2.08. The fourth-order valence-electron chi connectivity index (χ4n) is 2.35. The van der Waals surface area contributed by atoms with Crippen LogP contribution in [0.15, 0.2) is 82.7 Å². The third-order valence-electron chi connectivity index (χ3n) is 3.73. The maximum Gasteiger partial charge on any atom is 0.278 e. The third-order valence-corrected chi connectivity index (χ3v) is 5.13. The molecular formula is C19H14FN3O4S. The molecule has 0 bridgehead atoms. The number of hydrogen-bond donors (Lipinski definition) is 1. The van der Waals surface area contributed by atoms with Gasteiger partial charge in [0.1, 0.15) is 5.82 Å². The minimum atomic E-state index is -3.84. The first kappa shape index (κ1) is 19.2. The molecule has 0 unspecified atom stereocenters. The average molecular weight is 399 g/mol. The quantitative estimate of drug-likeness (QED) is 0.380. The molecule has 0 spiro atoms. The smallest absolute Gasteiger partial charge is 0.278 e. The summed E-state index contributed by atoms with van der Waals surface area (Å²) in [5.74, 6) is -0.469. The number of nitro groups is 1. The van der Waals surface area contributed by atoms with Gasteiger partial charge in [0.05, 0.1) is 21.1 Å². The monoisotopic (exact) mass is 399 g/mol. The lowest BCUT2D eigenvalue weighted by molar-refractivity contribution is -0.385. The van der Waals surface area contributed by atoms with Gasteiger partial charge in [0.2, 0.25) is 0 Å². The fourth-order valence-corrected chi connectivity index (χ4v) is 3.41. The minimum absolute atomic E-state index is 0.00136. The molecule has 0 heterocycles. The molecule has 0 aromatic heterocycles. The Hall–Kier alpha value is -3.59. The Balaban J connectivity index is 1.78. The van der Waals surface area contributed by atoms with Gasteiger partial charge >= 0.3 is 0 Å². The van der Waals surface area contributed by atoms with Gasteiger partial charge in [-0.05, 0) is 54.6 Å². The molecule has 0 atom stereocenters. The van der Waals surface area contributed by atoms with Crippen molar-refractivity contribution in [3.05, 3.63) is 94.3 Å². The number of nitrogens with one attached hydrogen (secondary N) is 1. The standard InChI is InChI=1S/C19H14FN3O4S/c20-15-5-7-17(8-6-15)22-28(26,27)18-11-9-16(10-12-18)21-13-14-3-1-2-4-19(14)23(24)25/h1-13,22H. The van der Waals surface area contributed by atoms with Crippen molar-refractivity contribution >= 4 is 33.3 Å². The number of anilines is 1. The van der Waals surface area contributed by atoms with Crippen molar-refractivity contribution in [2.75, 3.05) is 4.72 Å². The van der Waals surface area contributed by atoms with Crippen molar-refractivity contribution in [3.8, 4) is 0 Å². The average Bonchev–Trinajstić information content (AvgIpc) is 2.68. The molecule has 3 aromatic carbocycles. The Morgan fingerprint density at radius 3 is 2.25 bits per heavy atom. The maximum atomic E-state index is 12.9. The van der Waals surface area contributed by atoms with Crippen molar-refractivity contribution in [2.24, 2.45) is 4.99 Å². The van der Waals surface area contributed by atoms with Crippen molar-refractivity contribution < 1.29 is 17.7 Å². The zero-order valence-corrected chi connectivity index (χ0v) is 15.1. The first-order valence-electron chi connectivity index (χ1n) is 8.01. The topological polar surface area (TPSA) is 102 Å². The van der Waals surface area contributed by atoms with Gasteiger partial charge in [-0.15, -0.1) is 0 Å². The largest absolute Gasteiger partial charge is 0.280 e. The number of halogens is 1. The van der Waals surface area contributed by atoms with E-state index < -0.39 is 20.8 Å². The predicted molar refractivity (Wildman–Crippen MR) is 104 cm³/mol. The minimum Gasteiger partial charge on any atom is -0.280 e. The summed E-state index contributed by atoms with van der Waals surface area (Å²) in [5, 5.41) is 11.0. The van der Waals surface area contributed by atoms with E-state index in [-0.39, 0.29) is 16.3 Å². The first-order chi connectivity index (χ1) is 13.3. The molecule has 0 aliphatic rings. The molecule has 3 aromatic rings. The second-order valence-corrected chi connectivity index (χ2v) is 7.36. The van der Waals surface area contributed by atoms with Crippen molar-refractivity contribution in [1.82, 2.24) is 0 Å². The highest BCUT2D eigenvalue weighted by Gasteiger charge is 2.14. The van der Waals surface area contributed by atoms with Crippen LogP contribution in [0, 0.1) is 15.9 Å². The van der Waals surface area contributed by atoms with Crippen LogP contribution in [0.1, 0.15) is 5.56 Å². The summed E-state index contributed by atoms with van der Waals surface area (Å²) in [4.78, 5) is 14.7. The molecule has 142 valence electrons. The number of aliphatic imine (C=N–C) groups is 1. The molecule has 0 radical (unpaired) electrons. The van der Waals surface area contributed by atoms with E-state index in [0.29, 0.717) is 11.3 Å². The highest BCUT2D eigenvalue weighted by molar-refractivity contribution is 7.92. The number of benzene rings is 3. The van der Waals surface area contributed by atoms with Gasteiger partial charge < -0.3 is 0 Å². The Labute approximate surface area is 160 Å². The molecule has 0 aliphatic heterocycles. The summed E-state index contributed by atoms with van der Waals surface area (Å²) in [6.07, 6.45) is 1.35. The van der Waals surface area contributed by atoms with E-state index in [0.717, 1.165) is 12.1 Å². The van der Waals surface area contributed by atoms with Gasteiger partial charge in [-0.2, -0.15) is 0 Å². The Morgan fingerprint density at radius 1 is 0.964 bits per heavy atom. The highest BCUT2D eigenvalue weighted by atomic mass is 32.2. The summed E-state index contributed by atoms with van der Waals surface area (Å²) in [5.41, 5.74) is 0.926. The molecule has 0 saturated carbocycles. The molecule has 28 heavy (non-hydrogen) atoms. The number of rotatable bonds is 6. The van der Waals surface area contributed by atoms with E-state index in [1.165, 1.54) is 48.7 Å². The predicted octanol–water partition coefficient (Wildman–Crippen LogP) is 4.29. The van der Waals surface area contributed by atoms with E-state index in [1.807, 2.05) is 0 Å². The van der Waals surface area contributed by atoms with Crippen molar-refractivity contribution in [3.63, 3.8) is 0 Å². The van der Waals surface area contributed by atoms with Crippen LogP contribution in [0.3, 0.4) is 0 Å². The normalized spacial score (nSPS) is 11.5. The van der Waals surface area contributed by atoms with E-state index in [9.17, 15) is 22.9 Å². The zero-order valence-electron chi connectivity index (χ0n) is 14.3. The zero-order chi connectivity index (χ0) is 20.1. The number of para-hydroxylation sites is 1. The summed E-state index contributed by atoms with van der Waals surface area (Å²) in [6.45, 7) is 0. The second-order valence-electron chi connectivity index (χ2n) is 5.68. The van der Waals surface area contributed by atoms with Crippen LogP contribution in [0.25, 0.3) is 0 Å². The van der Waals surface area contributed by atoms with E-state index in [2.05, 4.69) is 9.71 Å². The van der Waals surface area contributed by atoms with Crippen molar-refractivity contribution in [2.45, 2.75) is 4.90 Å². The SMILES string of the molecule is O=[N+]([O-])c1ccccc1C=Nc1ccc(S(=O)(=O)Nc2ccc(F)cc2)cc1. The number of hydrogen-bond acceptors (Lipinski definition) is 5. The van der Waals surface area contributed by atoms with Crippen molar-refractivity contribution in [1.29, 1.82) is 0 Å². The van der Waals surface area contributed by atoms with Gasteiger partial charge in [0, 0.05) is 18.0 Å². The molecule has 9 heteroatoms. The van der Waals surface area contributed by atoms with Crippen LogP contribution < -0.4 is 4.72 Å². The lowest BCUT2D eigenvalue weighted by atomic mass is 10.2. The van der Waals surface area contributed by atoms with E-state index in [1.54, 1.807) is 18.2 Å². The number of nitrogens with zero attached hydrogens (tertiary/aromatic N) is 2. The molecule has 0 fully saturated rings. The summed E-state index contributed by atoms with van der Waals surface area (Å²) < 4.78 is 40.0. The van der Waals surface area contributed by atoms with E-state index >= 15 is 0 Å². The summed E-state index contributed by atoms with van der Waals surface area (Å²) in [6, 6.07) is 16.8. The van der Waals surface area contributed by atoms with Gasteiger partial charge in [0.15, 0.2) is 0 Å². The maximum absolute atomic E-state index is 12.9. The van der Waals surface area contributed by atoms with Crippen LogP contribution in [0.5, 0.6) is 0 Å². The first-order valence-corrected chi connectivity index (χ1v) is 9.49. The Kier molecular flexibility index (Phi) is 5.46. The van der Waals surface area contributed by atoms with E-state index in [4.69, 9.17) is 0 Å². The molecule has 0 saturated heterocycles. The molecule has 0 aliphatic carbocycles. The second kappa shape index (κ2) is 7.97. The summed E-state index contributed by atoms with van der Waals surface area (Å²) in [7, 11) is -3.84. The van der Waals surface area contributed by atoms with Gasteiger partial charge in [-0.25, -0.2) is 12.8 Å². The number of sulfonamides is 1. The Morgan fingerprint density at radius 2 is 1.61 bits per heavy atom. The highest BCUT2D eigenvalue weighted by Crippen LogP contribution is 2.21. The van der Waals surface area contributed by atoms with Crippen LogP contribution >= 0.6 is 0 Å².